The molecule has 2 aromatic rings. The third-order valence-electron chi connectivity index (χ3n) is 3.14. The molecule has 0 aliphatic carbocycles. The van der Waals surface area contributed by atoms with Crippen molar-refractivity contribution in [1.29, 1.82) is 0 Å². The molecule has 1 N–H and O–H groups in total. The van der Waals surface area contributed by atoms with Gasteiger partial charge in [0.25, 0.3) is 5.56 Å². The summed E-state index contributed by atoms with van der Waals surface area (Å²) in [4.78, 5) is 23.8. The second-order valence-electron chi connectivity index (χ2n) is 5.19. The monoisotopic (exact) mass is 368 g/mol. The van der Waals surface area contributed by atoms with Gasteiger partial charge in [-0.3, -0.25) is 9.59 Å². The number of H-pyrrole nitrogens is 1. The molecular weight excluding hydrogens is 354 g/mol. The van der Waals surface area contributed by atoms with Crippen molar-refractivity contribution in [3.63, 3.8) is 0 Å². The van der Waals surface area contributed by atoms with Crippen LogP contribution in [0.3, 0.4) is 0 Å². The highest BCUT2D eigenvalue weighted by Gasteiger charge is 2.31. The largest absolute Gasteiger partial charge is 0.416 e. The maximum absolute atomic E-state index is 12.1. The van der Waals surface area contributed by atoms with E-state index in [1.165, 1.54) is 20.9 Å². The zero-order valence-electron chi connectivity index (χ0n) is 13.3. The van der Waals surface area contributed by atoms with E-state index in [0.29, 0.717) is 17.8 Å². The van der Waals surface area contributed by atoms with E-state index in [4.69, 9.17) is 0 Å². The van der Waals surface area contributed by atoms with Crippen LogP contribution in [0.15, 0.2) is 33.9 Å². The number of aromatic nitrogens is 2. The fraction of sp³-hybridized carbons (Fsp3) is 0.333. The number of hydrogen-bond donors (Lipinski definition) is 1. The molecule has 0 saturated carbocycles. The first-order valence-electron chi connectivity index (χ1n) is 6.75. The number of aromatic amines is 1. The molecule has 0 radical (unpaired) electrons. The summed E-state index contributed by atoms with van der Waals surface area (Å²) in [5, 5.41) is 0. The minimum absolute atomic E-state index is 0.204. The number of rotatable bonds is 0. The average Bonchev–Trinajstić information content (AvgIpc) is 2.42. The topological polar surface area (TPSA) is 54.9 Å². The molecule has 2 aromatic heterocycles. The van der Waals surface area contributed by atoms with Crippen molar-refractivity contribution >= 4 is 0 Å². The molecule has 0 atom stereocenters. The van der Waals surface area contributed by atoms with E-state index in [1.807, 2.05) is 0 Å². The smallest absolute Gasteiger partial charge is 0.326 e. The van der Waals surface area contributed by atoms with Crippen LogP contribution >= 0.6 is 0 Å². The molecule has 25 heavy (non-hydrogen) atoms. The van der Waals surface area contributed by atoms with Crippen LogP contribution in [-0.4, -0.2) is 9.55 Å². The summed E-state index contributed by atoms with van der Waals surface area (Å²) in [5.41, 5.74) is -2.69. The molecule has 0 fully saturated rings. The van der Waals surface area contributed by atoms with E-state index >= 15 is 0 Å². The van der Waals surface area contributed by atoms with Crippen molar-refractivity contribution in [2.75, 3.05) is 0 Å². The van der Waals surface area contributed by atoms with Gasteiger partial charge in [-0.05, 0) is 26.0 Å². The minimum atomic E-state index is -4.45. The lowest BCUT2D eigenvalue weighted by atomic mass is 10.2. The molecule has 10 heteroatoms. The molecular formula is C15H14F6N2O2. The molecule has 138 valence electrons. The molecule has 2 heterocycles. The maximum atomic E-state index is 12.1. The first-order chi connectivity index (χ1) is 11.2. The standard InChI is InChI=1S/C8H8F3NO.C7H6F3NO/c1-5-3-6(8(9,10)11)4-7(13)12(5)2;1-4-2-5(7(8,9)10)3-6(12)11-4/h3-4H,1-2H3;2-3H,1H3,(H,11,12). The Morgan fingerprint density at radius 1 is 0.840 bits per heavy atom. The van der Waals surface area contributed by atoms with Gasteiger partial charge in [0.1, 0.15) is 0 Å². The molecule has 0 spiro atoms. The summed E-state index contributed by atoms with van der Waals surface area (Å²) >= 11 is 0. The van der Waals surface area contributed by atoms with Crippen LogP contribution in [0, 0.1) is 13.8 Å². The number of nitrogens with one attached hydrogen (secondary N) is 1. The van der Waals surface area contributed by atoms with Crippen molar-refractivity contribution in [3.05, 3.63) is 67.5 Å². The summed E-state index contributed by atoms with van der Waals surface area (Å²) in [6.45, 7) is 2.85. The molecule has 0 saturated heterocycles. The Labute approximate surface area is 137 Å². The number of aryl methyl sites for hydroxylation is 2. The second kappa shape index (κ2) is 7.16. The quantitative estimate of drug-likeness (QED) is 0.725. The van der Waals surface area contributed by atoms with Gasteiger partial charge in [0.15, 0.2) is 0 Å². The van der Waals surface area contributed by atoms with Crippen LogP contribution < -0.4 is 11.1 Å². The van der Waals surface area contributed by atoms with E-state index in [0.717, 1.165) is 16.7 Å². The van der Waals surface area contributed by atoms with Crippen LogP contribution in [-0.2, 0) is 19.4 Å². The van der Waals surface area contributed by atoms with Crippen molar-refractivity contribution in [3.8, 4) is 0 Å². The minimum Gasteiger partial charge on any atom is -0.326 e. The third kappa shape index (κ3) is 5.80. The molecule has 0 aliphatic rings. The number of nitrogens with zero attached hydrogens (tertiary/aromatic N) is 1. The fourth-order valence-corrected chi connectivity index (χ4v) is 1.78. The van der Waals surface area contributed by atoms with Crippen molar-refractivity contribution in [2.45, 2.75) is 26.2 Å². The van der Waals surface area contributed by atoms with Gasteiger partial charge in [-0.2, -0.15) is 26.3 Å². The van der Waals surface area contributed by atoms with Gasteiger partial charge >= 0.3 is 12.4 Å². The van der Waals surface area contributed by atoms with Crippen LogP contribution in [0.4, 0.5) is 26.3 Å². The normalized spacial score (nSPS) is 11.7. The summed E-state index contributed by atoms with van der Waals surface area (Å²) in [5.74, 6) is 0. The Balaban J connectivity index is 0.000000251. The molecule has 0 aliphatic heterocycles. The van der Waals surface area contributed by atoms with Gasteiger partial charge in [-0.1, -0.05) is 0 Å². The van der Waals surface area contributed by atoms with Crippen molar-refractivity contribution in [2.24, 2.45) is 7.05 Å². The Kier molecular flexibility index (Phi) is 5.88. The lowest BCUT2D eigenvalue weighted by molar-refractivity contribution is -0.138. The zero-order chi connectivity index (χ0) is 19.6. The third-order valence-corrected chi connectivity index (χ3v) is 3.14. The molecule has 4 nitrogen and oxygen atoms in total. The molecule has 0 bridgehead atoms. The van der Waals surface area contributed by atoms with Crippen LogP contribution in [0.2, 0.25) is 0 Å². The van der Waals surface area contributed by atoms with Crippen LogP contribution in [0.5, 0.6) is 0 Å². The van der Waals surface area contributed by atoms with Gasteiger partial charge in [0.05, 0.1) is 11.1 Å². The van der Waals surface area contributed by atoms with Gasteiger partial charge in [0, 0.05) is 30.6 Å². The highest BCUT2D eigenvalue weighted by molar-refractivity contribution is 5.20. The fourth-order valence-electron chi connectivity index (χ4n) is 1.78. The predicted octanol–water partition coefficient (Wildman–Crippen LogP) is 3.41. The van der Waals surface area contributed by atoms with Gasteiger partial charge in [-0.25, -0.2) is 0 Å². The first-order valence-corrected chi connectivity index (χ1v) is 6.75. The van der Waals surface area contributed by atoms with Gasteiger partial charge in [-0.15, -0.1) is 0 Å². The lowest BCUT2D eigenvalue weighted by Gasteiger charge is -2.09. The summed E-state index contributed by atoms with van der Waals surface area (Å²) in [7, 11) is 1.43. The Morgan fingerprint density at radius 2 is 1.32 bits per heavy atom. The van der Waals surface area contributed by atoms with E-state index in [-0.39, 0.29) is 5.69 Å². The van der Waals surface area contributed by atoms with E-state index in [2.05, 4.69) is 4.98 Å². The molecule has 0 aromatic carbocycles. The molecule has 0 amide bonds. The first kappa shape index (κ1) is 20.5. The van der Waals surface area contributed by atoms with E-state index in [9.17, 15) is 35.9 Å². The average molecular weight is 368 g/mol. The van der Waals surface area contributed by atoms with E-state index < -0.39 is 34.6 Å². The summed E-state index contributed by atoms with van der Waals surface area (Å²) in [6, 6.07) is 2.96. The molecule has 0 unspecified atom stereocenters. The van der Waals surface area contributed by atoms with Crippen molar-refractivity contribution < 1.29 is 26.3 Å². The lowest BCUT2D eigenvalue weighted by Crippen LogP contribution is -2.21. The maximum Gasteiger partial charge on any atom is 0.416 e. The zero-order valence-corrected chi connectivity index (χ0v) is 13.3. The Bertz CT molecular complexity index is 862. The van der Waals surface area contributed by atoms with Crippen LogP contribution in [0.1, 0.15) is 22.5 Å². The summed E-state index contributed by atoms with van der Waals surface area (Å²) in [6.07, 6.45) is -8.89. The van der Waals surface area contributed by atoms with E-state index in [1.54, 1.807) is 0 Å². The number of alkyl halides is 6. The highest BCUT2D eigenvalue weighted by Crippen LogP contribution is 2.28. The van der Waals surface area contributed by atoms with Gasteiger partial charge in [0.2, 0.25) is 5.56 Å². The highest BCUT2D eigenvalue weighted by atomic mass is 19.4. The number of hydrogen-bond acceptors (Lipinski definition) is 2. The Morgan fingerprint density at radius 3 is 1.72 bits per heavy atom. The second-order valence-corrected chi connectivity index (χ2v) is 5.19. The number of halogens is 6. The predicted molar refractivity (Wildman–Crippen MR) is 78.2 cm³/mol. The molecule has 2 rings (SSSR count). The Hall–Kier alpha value is -2.52. The van der Waals surface area contributed by atoms with Crippen LogP contribution in [0.25, 0.3) is 0 Å². The number of pyridine rings is 2. The summed E-state index contributed by atoms with van der Waals surface area (Å²) < 4.78 is 73.5. The SMILES string of the molecule is Cc1cc(C(F)(F)F)cc(=O)[nH]1.Cc1cc(C(F)(F)F)cc(=O)n1C. The van der Waals surface area contributed by atoms with Gasteiger partial charge < -0.3 is 9.55 Å². The van der Waals surface area contributed by atoms with Crippen molar-refractivity contribution in [1.82, 2.24) is 9.55 Å².